The van der Waals surface area contributed by atoms with Crippen LogP contribution in [0.15, 0.2) is 64.1 Å². The highest BCUT2D eigenvalue weighted by molar-refractivity contribution is 5.88. The second-order valence-corrected chi connectivity index (χ2v) is 4.71. The van der Waals surface area contributed by atoms with Crippen LogP contribution in [-0.2, 0) is 0 Å². The van der Waals surface area contributed by atoms with Crippen LogP contribution in [0, 0.1) is 0 Å². The smallest absolute Gasteiger partial charge is 0.278 e. The molecule has 3 heterocycles. The quantitative estimate of drug-likeness (QED) is 0.613. The predicted octanol–water partition coefficient (Wildman–Crippen LogP) is 2.64. The SMILES string of the molecule is O=c1[nH]c2c(-c3ccccc3)nncc2nc1-c1ccco1. The first-order valence-corrected chi connectivity index (χ1v) is 6.68. The number of aromatic amines is 1. The molecular weight excluding hydrogens is 280 g/mol. The molecule has 0 aliphatic carbocycles. The van der Waals surface area contributed by atoms with Crippen molar-refractivity contribution in [1.82, 2.24) is 20.2 Å². The van der Waals surface area contributed by atoms with E-state index in [0.29, 0.717) is 22.5 Å². The predicted molar refractivity (Wildman–Crippen MR) is 81.1 cm³/mol. The number of rotatable bonds is 2. The standard InChI is InChI=1S/C16H10N4O2/c21-16-15(12-7-4-8-22-12)18-11-9-17-20-13(14(11)19-16)10-5-2-1-3-6-10/h1-9H,(H,19,21). The van der Waals surface area contributed by atoms with E-state index in [1.165, 1.54) is 12.5 Å². The highest BCUT2D eigenvalue weighted by Gasteiger charge is 2.13. The molecule has 0 amide bonds. The maximum Gasteiger partial charge on any atom is 0.278 e. The second-order valence-electron chi connectivity index (χ2n) is 4.71. The molecule has 22 heavy (non-hydrogen) atoms. The van der Waals surface area contributed by atoms with E-state index in [1.807, 2.05) is 30.3 Å². The molecule has 0 spiro atoms. The Morgan fingerprint density at radius 1 is 1.00 bits per heavy atom. The van der Waals surface area contributed by atoms with Gasteiger partial charge in [0.1, 0.15) is 11.2 Å². The normalized spacial score (nSPS) is 10.9. The van der Waals surface area contributed by atoms with Crippen molar-refractivity contribution in [2.24, 2.45) is 0 Å². The van der Waals surface area contributed by atoms with E-state index < -0.39 is 0 Å². The number of H-pyrrole nitrogens is 1. The largest absolute Gasteiger partial charge is 0.463 e. The first kappa shape index (κ1) is 12.5. The van der Waals surface area contributed by atoms with E-state index in [0.717, 1.165) is 5.56 Å². The lowest BCUT2D eigenvalue weighted by molar-refractivity contribution is 0.579. The number of hydrogen-bond donors (Lipinski definition) is 1. The van der Waals surface area contributed by atoms with Crippen LogP contribution in [0.4, 0.5) is 0 Å². The number of fused-ring (bicyclic) bond motifs is 1. The topological polar surface area (TPSA) is 84.7 Å². The molecule has 0 aliphatic heterocycles. The van der Waals surface area contributed by atoms with Crippen molar-refractivity contribution in [3.63, 3.8) is 0 Å². The van der Waals surface area contributed by atoms with Gasteiger partial charge in [-0.15, -0.1) is 5.10 Å². The summed E-state index contributed by atoms with van der Waals surface area (Å²) in [5.74, 6) is 0.418. The molecule has 4 rings (SSSR count). The van der Waals surface area contributed by atoms with Crippen LogP contribution in [0.25, 0.3) is 33.7 Å². The Kier molecular flexibility index (Phi) is 2.79. The monoisotopic (exact) mass is 290 g/mol. The summed E-state index contributed by atoms with van der Waals surface area (Å²) in [4.78, 5) is 19.5. The molecule has 0 saturated carbocycles. The summed E-state index contributed by atoms with van der Waals surface area (Å²) in [6.45, 7) is 0. The van der Waals surface area contributed by atoms with Crippen LogP contribution >= 0.6 is 0 Å². The molecule has 6 nitrogen and oxygen atoms in total. The molecule has 0 atom stereocenters. The molecule has 3 aromatic heterocycles. The van der Waals surface area contributed by atoms with E-state index in [-0.39, 0.29) is 11.3 Å². The van der Waals surface area contributed by atoms with Crippen molar-refractivity contribution in [1.29, 1.82) is 0 Å². The van der Waals surface area contributed by atoms with Crippen molar-refractivity contribution in [3.8, 4) is 22.7 Å². The van der Waals surface area contributed by atoms with Gasteiger partial charge in [-0.2, -0.15) is 5.10 Å². The van der Waals surface area contributed by atoms with Gasteiger partial charge in [-0.1, -0.05) is 30.3 Å². The Morgan fingerprint density at radius 2 is 1.86 bits per heavy atom. The minimum atomic E-state index is -0.326. The third-order valence-corrected chi connectivity index (χ3v) is 3.32. The van der Waals surface area contributed by atoms with Crippen LogP contribution < -0.4 is 5.56 Å². The Hall–Kier alpha value is -3.28. The summed E-state index contributed by atoms with van der Waals surface area (Å²) >= 11 is 0. The van der Waals surface area contributed by atoms with Crippen LogP contribution in [0.3, 0.4) is 0 Å². The molecule has 6 heteroatoms. The molecule has 0 saturated heterocycles. The molecule has 0 fully saturated rings. The van der Waals surface area contributed by atoms with Crippen LogP contribution in [0.2, 0.25) is 0 Å². The van der Waals surface area contributed by atoms with Crippen LogP contribution in [-0.4, -0.2) is 20.2 Å². The Balaban J connectivity index is 2.00. The summed E-state index contributed by atoms with van der Waals surface area (Å²) < 4.78 is 5.25. The van der Waals surface area contributed by atoms with Gasteiger partial charge < -0.3 is 9.40 Å². The van der Waals surface area contributed by atoms with Crippen LogP contribution in [0.1, 0.15) is 0 Å². The van der Waals surface area contributed by atoms with Crippen molar-refractivity contribution < 1.29 is 4.42 Å². The molecule has 106 valence electrons. The number of nitrogens with one attached hydrogen (secondary N) is 1. The summed E-state index contributed by atoms with van der Waals surface area (Å²) in [7, 11) is 0. The van der Waals surface area contributed by atoms with E-state index >= 15 is 0 Å². The number of nitrogens with zero attached hydrogens (tertiary/aromatic N) is 3. The summed E-state index contributed by atoms with van der Waals surface area (Å²) in [6, 6.07) is 12.9. The minimum Gasteiger partial charge on any atom is -0.463 e. The first-order valence-electron chi connectivity index (χ1n) is 6.68. The Morgan fingerprint density at radius 3 is 2.64 bits per heavy atom. The Bertz CT molecular complexity index is 992. The van der Waals surface area contributed by atoms with Gasteiger partial charge in [-0.25, -0.2) is 4.98 Å². The molecule has 0 aliphatic rings. The fourth-order valence-corrected chi connectivity index (χ4v) is 2.31. The number of hydrogen-bond acceptors (Lipinski definition) is 5. The van der Waals surface area contributed by atoms with Crippen molar-refractivity contribution in [2.45, 2.75) is 0 Å². The maximum absolute atomic E-state index is 12.3. The van der Waals surface area contributed by atoms with Gasteiger partial charge in [0, 0.05) is 5.56 Å². The zero-order valence-electron chi connectivity index (χ0n) is 11.4. The number of benzene rings is 1. The summed E-state index contributed by atoms with van der Waals surface area (Å²) in [5, 5.41) is 8.10. The highest BCUT2D eigenvalue weighted by Crippen LogP contribution is 2.23. The number of furan rings is 1. The minimum absolute atomic E-state index is 0.226. The van der Waals surface area contributed by atoms with Gasteiger partial charge in [0.15, 0.2) is 11.5 Å². The summed E-state index contributed by atoms with van der Waals surface area (Å²) in [5.41, 5.74) is 2.47. The van der Waals surface area contributed by atoms with Crippen LogP contribution in [0.5, 0.6) is 0 Å². The zero-order chi connectivity index (χ0) is 14.9. The lowest BCUT2D eigenvalue weighted by Crippen LogP contribution is -2.12. The van der Waals surface area contributed by atoms with Gasteiger partial charge in [-0.3, -0.25) is 4.79 Å². The van der Waals surface area contributed by atoms with Gasteiger partial charge in [0.2, 0.25) is 0 Å². The maximum atomic E-state index is 12.3. The third kappa shape index (κ3) is 1.98. The van der Waals surface area contributed by atoms with Crippen molar-refractivity contribution in [3.05, 3.63) is 65.3 Å². The molecule has 1 N–H and O–H groups in total. The molecule has 0 unspecified atom stereocenters. The molecule has 1 aromatic carbocycles. The van der Waals surface area contributed by atoms with E-state index in [9.17, 15) is 4.79 Å². The average Bonchev–Trinajstić information content (AvgIpc) is 3.09. The molecule has 0 bridgehead atoms. The van der Waals surface area contributed by atoms with E-state index in [2.05, 4.69) is 20.2 Å². The molecule has 4 aromatic rings. The average molecular weight is 290 g/mol. The lowest BCUT2D eigenvalue weighted by Gasteiger charge is -2.05. The van der Waals surface area contributed by atoms with Gasteiger partial charge >= 0.3 is 0 Å². The van der Waals surface area contributed by atoms with Crippen molar-refractivity contribution in [2.75, 3.05) is 0 Å². The van der Waals surface area contributed by atoms with Crippen molar-refractivity contribution >= 4 is 11.0 Å². The Labute approximate surface area is 124 Å². The van der Waals surface area contributed by atoms with Gasteiger partial charge in [-0.05, 0) is 12.1 Å². The van der Waals surface area contributed by atoms with Gasteiger partial charge in [0.25, 0.3) is 5.56 Å². The first-order chi connectivity index (χ1) is 10.8. The highest BCUT2D eigenvalue weighted by atomic mass is 16.3. The van der Waals surface area contributed by atoms with Gasteiger partial charge in [0.05, 0.1) is 18.0 Å². The summed E-state index contributed by atoms with van der Waals surface area (Å²) in [6.07, 6.45) is 3.02. The number of aromatic nitrogens is 4. The third-order valence-electron chi connectivity index (χ3n) is 3.32. The zero-order valence-corrected chi connectivity index (χ0v) is 11.4. The lowest BCUT2D eigenvalue weighted by atomic mass is 10.1. The second kappa shape index (κ2) is 4.92. The fraction of sp³-hybridized carbons (Fsp3) is 0. The molecule has 0 radical (unpaired) electrons. The van der Waals surface area contributed by atoms with E-state index in [4.69, 9.17) is 4.42 Å². The fourth-order valence-electron chi connectivity index (χ4n) is 2.31. The molecular formula is C16H10N4O2. The van der Waals surface area contributed by atoms with E-state index in [1.54, 1.807) is 12.1 Å².